The van der Waals surface area contributed by atoms with Gasteiger partial charge in [0.15, 0.2) is 0 Å². The molecule has 2 amide bonds. The van der Waals surface area contributed by atoms with Crippen molar-refractivity contribution >= 4 is 59.3 Å². The zero-order valence-electron chi connectivity index (χ0n) is 18.6. The Balaban J connectivity index is 0. The number of carbonyl (C=O) groups excluding carboxylic acids is 2. The Morgan fingerprint density at radius 3 is 1.41 bits per heavy atom. The minimum Gasteiger partial charge on any atom is -0.870 e. The van der Waals surface area contributed by atoms with Crippen LogP contribution in [0.15, 0.2) is 56.0 Å². The van der Waals surface area contributed by atoms with Gasteiger partial charge in [-0.3, -0.25) is 9.59 Å². The summed E-state index contributed by atoms with van der Waals surface area (Å²) < 4.78 is 0. The topological polar surface area (TPSA) is 111 Å². The average molecular weight is 527 g/mol. The molecule has 172 valence electrons. The summed E-state index contributed by atoms with van der Waals surface area (Å²) in [6, 6.07) is 10.7. The number of hydrogen-bond acceptors (Lipinski definition) is 9. The third-order valence-electron chi connectivity index (χ3n) is 3.41. The molecule has 7 nitrogen and oxygen atoms in total. The summed E-state index contributed by atoms with van der Waals surface area (Å²) in [5.74, 6) is 0. The molecular weight excluding hydrogens is 499 g/mol. The molecule has 32 heavy (non-hydrogen) atoms. The van der Waals surface area contributed by atoms with Crippen LogP contribution < -0.4 is 29.6 Å². The van der Waals surface area contributed by atoms with Gasteiger partial charge in [0, 0.05) is 47.8 Å². The molecule has 0 fully saturated rings. The summed E-state index contributed by atoms with van der Waals surface area (Å²) in [6.45, 7) is -0.0871. The smallest absolute Gasteiger partial charge is 0.870 e. The first-order chi connectivity index (χ1) is 14.0. The van der Waals surface area contributed by atoms with Gasteiger partial charge in [-0.05, 0) is 71.0 Å². The van der Waals surface area contributed by atoms with Crippen LogP contribution in [0.2, 0.25) is 0 Å². The maximum absolute atomic E-state index is 11.7. The number of aliphatic hydroxyl groups is 2. The zero-order chi connectivity index (χ0) is 22.8. The number of thiol groups is 2. The Morgan fingerprint density at radius 1 is 0.750 bits per heavy atom. The molecule has 0 atom stereocenters. The molecule has 2 rings (SSSR count). The number of aliphatic hydroxyl groups excluding tert-OH is 2. The summed E-state index contributed by atoms with van der Waals surface area (Å²) in [5.41, 5.74) is 1.52. The van der Waals surface area contributed by atoms with Gasteiger partial charge in [0.2, 0.25) is 0 Å². The van der Waals surface area contributed by atoms with Gasteiger partial charge in [-0.15, -0.1) is 25.3 Å². The van der Waals surface area contributed by atoms with Crippen LogP contribution in [0.1, 0.15) is 11.1 Å². The van der Waals surface area contributed by atoms with Crippen LogP contribution in [0, 0.1) is 0 Å². The van der Waals surface area contributed by atoms with Gasteiger partial charge in [0.1, 0.15) is 0 Å². The van der Waals surface area contributed by atoms with Crippen molar-refractivity contribution in [1.82, 2.24) is 9.80 Å². The van der Waals surface area contributed by atoms with E-state index in [9.17, 15) is 14.7 Å². The van der Waals surface area contributed by atoms with Crippen LogP contribution in [0.5, 0.6) is 0 Å². The van der Waals surface area contributed by atoms with E-state index < -0.39 is 0 Å². The van der Waals surface area contributed by atoms with Gasteiger partial charge in [-0.1, -0.05) is 0 Å². The second-order valence-electron chi connectivity index (χ2n) is 6.51. The largest absolute Gasteiger partial charge is 1.00 e. The minimum atomic E-state index is -0.131. The molecule has 0 aromatic heterocycles. The van der Waals surface area contributed by atoms with Gasteiger partial charge in [0.05, 0.1) is 13.2 Å². The number of benzene rings is 2. The van der Waals surface area contributed by atoms with E-state index in [2.05, 4.69) is 25.3 Å². The third kappa shape index (κ3) is 12.8. The molecule has 0 saturated heterocycles. The fourth-order valence-corrected chi connectivity index (χ4v) is 4.32. The first-order valence-electron chi connectivity index (χ1n) is 8.71. The molecule has 0 unspecified atom stereocenters. The molecule has 0 saturated carbocycles. The fraction of sp³-hybridized carbons (Fsp3) is 0.300. The zero-order valence-corrected chi connectivity index (χ0v) is 24.1. The Kier molecular flexibility index (Phi) is 18.1. The summed E-state index contributed by atoms with van der Waals surface area (Å²) >= 11 is 10.4. The monoisotopic (exact) mass is 526 g/mol. The van der Waals surface area contributed by atoms with Crippen molar-refractivity contribution in [3.63, 3.8) is 0 Å². The number of carbonyl (C=O) groups is 2. The van der Waals surface area contributed by atoms with E-state index in [1.54, 1.807) is 46.4 Å². The van der Waals surface area contributed by atoms with Crippen molar-refractivity contribution in [2.75, 3.05) is 28.2 Å². The van der Waals surface area contributed by atoms with Crippen LogP contribution in [0.3, 0.4) is 0 Å². The number of amides is 2. The SMILES string of the molecule is CN(C)C(=O)Sc1cc(CO)cc(SC(=O)N(C)C)c1.OCc1cc(S)cc(S)c1.[Na+].[OH-]. The van der Waals surface area contributed by atoms with Crippen molar-refractivity contribution < 1.29 is 54.8 Å². The van der Waals surface area contributed by atoms with E-state index in [4.69, 9.17) is 5.11 Å². The Labute approximate surface area is 230 Å². The molecule has 0 heterocycles. The number of nitrogens with zero attached hydrogens (tertiary/aromatic N) is 2. The van der Waals surface area contributed by atoms with Gasteiger partial charge in [0.25, 0.3) is 10.5 Å². The first kappa shape index (κ1) is 33.8. The van der Waals surface area contributed by atoms with Crippen LogP contribution in [0.4, 0.5) is 9.59 Å². The standard InChI is InChI=1S/C13H18N2O3S2.C7H8OS2.Na.H2O/c1-14(2)12(17)19-10-5-9(8-16)6-11(7-10)20-13(18)15(3)4;8-4-5-1-6(9)3-7(10)2-5;;/h5-7,16H,8H2,1-4H3;1-3,8-10H,4H2;;1H2/q;;+1;/p-1. The molecule has 3 N–H and O–H groups in total. The van der Waals surface area contributed by atoms with Crippen LogP contribution >= 0.6 is 48.8 Å². The number of thioether (sulfide) groups is 2. The van der Waals surface area contributed by atoms with Gasteiger partial charge < -0.3 is 25.5 Å². The first-order valence-corrected chi connectivity index (χ1v) is 11.2. The number of hydrogen-bond donors (Lipinski definition) is 4. The summed E-state index contributed by atoms with van der Waals surface area (Å²) in [5, 5.41) is 17.8. The predicted molar refractivity (Wildman–Crippen MR) is 131 cm³/mol. The minimum absolute atomic E-state index is 0. The van der Waals surface area contributed by atoms with Gasteiger partial charge in [-0.2, -0.15) is 0 Å². The maximum Gasteiger partial charge on any atom is 1.00 e. The number of rotatable bonds is 4. The summed E-state index contributed by atoms with van der Waals surface area (Å²) in [6.07, 6.45) is 0. The molecule has 0 spiro atoms. The predicted octanol–water partition coefficient (Wildman–Crippen LogP) is 1.31. The van der Waals surface area contributed by atoms with Crippen molar-refractivity contribution in [2.45, 2.75) is 32.8 Å². The van der Waals surface area contributed by atoms with Crippen molar-refractivity contribution in [1.29, 1.82) is 0 Å². The van der Waals surface area contributed by atoms with Crippen molar-refractivity contribution in [3.8, 4) is 0 Å². The van der Waals surface area contributed by atoms with Crippen LogP contribution in [-0.2, 0) is 13.2 Å². The Hall–Kier alpha value is -0.340. The Bertz CT molecular complexity index is 825. The van der Waals surface area contributed by atoms with Crippen LogP contribution in [-0.4, -0.2) is 64.2 Å². The molecular formula is C20H27N2NaO5S4. The van der Waals surface area contributed by atoms with E-state index in [1.807, 2.05) is 18.2 Å². The molecule has 12 heteroatoms. The molecule has 0 aliphatic heterocycles. The summed E-state index contributed by atoms with van der Waals surface area (Å²) in [4.78, 5) is 29.4. The second-order valence-corrected chi connectivity index (χ2v) is 9.59. The third-order valence-corrected chi connectivity index (χ3v) is 5.95. The van der Waals surface area contributed by atoms with E-state index in [0.717, 1.165) is 38.9 Å². The normalized spacial score (nSPS) is 9.50. The van der Waals surface area contributed by atoms with E-state index in [-0.39, 0.29) is 58.7 Å². The van der Waals surface area contributed by atoms with Crippen LogP contribution in [0.25, 0.3) is 0 Å². The Morgan fingerprint density at radius 2 is 1.09 bits per heavy atom. The van der Waals surface area contributed by atoms with Gasteiger partial charge >= 0.3 is 29.6 Å². The van der Waals surface area contributed by atoms with Crippen molar-refractivity contribution in [3.05, 3.63) is 47.5 Å². The second kappa shape index (κ2) is 17.1. The summed E-state index contributed by atoms with van der Waals surface area (Å²) in [7, 11) is 6.71. The molecule has 0 bridgehead atoms. The average Bonchev–Trinajstić information content (AvgIpc) is 2.67. The molecule has 2 aromatic carbocycles. The quantitative estimate of drug-likeness (QED) is 0.270. The maximum atomic E-state index is 11.7. The molecule has 0 aliphatic carbocycles. The van der Waals surface area contributed by atoms with Gasteiger partial charge in [-0.25, -0.2) is 0 Å². The molecule has 0 radical (unpaired) electrons. The molecule has 0 aliphatic rings. The van der Waals surface area contributed by atoms with E-state index >= 15 is 0 Å². The van der Waals surface area contributed by atoms with E-state index in [0.29, 0.717) is 15.4 Å². The molecule has 2 aromatic rings. The van der Waals surface area contributed by atoms with Crippen molar-refractivity contribution in [2.24, 2.45) is 0 Å². The fourth-order valence-electron chi connectivity index (χ4n) is 1.97. The van der Waals surface area contributed by atoms with E-state index in [1.165, 1.54) is 9.80 Å².